The van der Waals surface area contributed by atoms with E-state index in [-0.39, 0.29) is 17.3 Å². The van der Waals surface area contributed by atoms with Crippen LogP contribution in [0.15, 0.2) is 11.6 Å². The van der Waals surface area contributed by atoms with Gasteiger partial charge in [-0.2, -0.15) is 5.26 Å². The van der Waals surface area contributed by atoms with Gasteiger partial charge in [0, 0.05) is 11.0 Å². The molecule has 0 spiro atoms. The minimum Gasteiger partial charge on any atom is -0.478 e. The van der Waals surface area contributed by atoms with Crippen LogP contribution in [0, 0.1) is 28.6 Å². The van der Waals surface area contributed by atoms with E-state index < -0.39 is 5.97 Å². The van der Waals surface area contributed by atoms with Crippen molar-refractivity contribution in [2.75, 3.05) is 0 Å². The molecule has 0 amide bonds. The molecule has 0 saturated heterocycles. The predicted molar refractivity (Wildman–Crippen MR) is 50.3 cm³/mol. The third kappa shape index (κ3) is 1.14. The summed E-state index contributed by atoms with van der Waals surface area (Å²) in [4.78, 5) is 10.9. The van der Waals surface area contributed by atoms with Crippen molar-refractivity contribution in [3.63, 3.8) is 0 Å². The zero-order valence-electron chi connectivity index (χ0n) is 8.16. The lowest BCUT2D eigenvalue weighted by molar-refractivity contribution is -0.134. The van der Waals surface area contributed by atoms with Crippen molar-refractivity contribution in [2.45, 2.75) is 26.2 Å². The number of fused-ring (bicyclic) bond motifs is 2. The van der Waals surface area contributed by atoms with Crippen LogP contribution in [0.4, 0.5) is 0 Å². The molecular formula is C11H13NO2. The molecule has 0 aromatic heterocycles. The van der Waals surface area contributed by atoms with Crippen molar-refractivity contribution in [2.24, 2.45) is 17.3 Å². The number of carboxylic acids is 1. The summed E-state index contributed by atoms with van der Waals surface area (Å²) < 4.78 is 0. The van der Waals surface area contributed by atoms with E-state index in [4.69, 9.17) is 10.4 Å². The van der Waals surface area contributed by atoms with Crippen LogP contribution in [-0.2, 0) is 4.79 Å². The second kappa shape index (κ2) is 2.84. The normalized spacial score (nSPS) is 40.1. The highest BCUT2D eigenvalue weighted by Gasteiger charge is 2.46. The average molecular weight is 191 g/mol. The summed E-state index contributed by atoms with van der Waals surface area (Å²) in [5, 5.41) is 18.0. The maximum atomic E-state index is 10.9. The van der Waals surface area contributed by atoms with Crippen LogP contribution in [0.1, 0.15) is 26.2 Å². The van der Waals surface area contributed by atoms with E-state index >= 15 is 0 Å². The molecule has 74 valence electrons. The fraction of sp³-hybridized carbons (Fsp3) is 0.636. The Morgan fingerprint density at radius 2 is 2.50 bits per heavy atom. The van der Waals surface area contributed by atoms with Gasteiger partial charge in [-0.25, -0.2) is 4.79 Å². The van der Waals surface area contributed by atoms with Crippen molar-refractivity contribution < 1.29 is 9.90 Å². The van der Waals surface area contributed by atoms with Crippen LogP contribution in [0.2, 0.25) is 0 Å². The number of carbonyl (C=O) groups is 1. The molecule has 0 aliphatic heterocycles. The Bertz CT molecular complexity index is 353. The van der Waals surface area contributed by atoms with Gasteiger partial charge in [-0.3, -0.25) is 0 Å². The largest absolute Gasteiger partial charge is 0.478 e. The van der Waals surface area contributed by atoms with E-state index in [9.17, 15) is 4.79 Å². The molecule has 3 atom stereocenters. The highest BCUT2D eigenvalue weighted by Crippen LogP contribution is 2.51. The molecule has 1 saturated carbocycles. The van der Waals surface area contributed by atoms with Crippen LogP contribution in [0.3, 0.4) is 0 Å². The van der Waals surface area contributed by atoms with Crippen molar-refractivity contribution in [3.8, 4) is 6.07 Å². The van der Waals surface area contributed by atoms with Gasteiger partial charge in [0.05, 0.1) is 12.0 Å². The minimum atomic E-state index is -0.808. The summed E-state index contributed by atoms with van der Waals surface area (Å²) in [7, 11) is 0. The van der Waals surface area contributed by atoms with Gasteiger partial charge in [0.25, 0.3) is 0 Å². The summed E-state index contributed by atoms with van der Waals surface area (Å²) in [5.74, 6) is -0.694. The van der Waals surface area contributed by atoms with Crippen molar-refractivity contribution in [1.82, 2.24) is 0 Å². The summed E-state index contributed by atoms with van der Waals surface area (Å²) >= 11 is 0. The molecule has 3 heteroatoms. The summed E-state index contributed by atoms with van der Waals surface area (Å²) in [5.41, 5.74) is 0.335. The molecule has 0 heterocycles. The molecule has 1 fully saturated rings. The van der Waals surface area contributed by atoms with E-state index in [2.05, 4.69) is 6.07 Å². The highest BCUT2D eigenvalue weighted by molar-refractivity contribution is 5.87. The Balaban J connectivity index is 2.41. The van der Waals surface area contributed by atoms with E-state index in [1.54, 1.807) is 0 Å². The number of carboxylic acid groups (broad SMARTS) is 1. The molecule has 0 radical (unpaired) electrons. The molecule has 0 aromatic carbocycles. The number of nitriles is 1. The lowest BCUT2D eigenvalue weighted by Crippen LogP contribution is -2.39. The molecule has 14 heavy (non-hydrogen) atoms. The quantitative estimate of drug-likeness (QED) is 0.689. The number of allylic oxidation sites excluding steroid dienone is 1. The van der Waals surface area contributed by atoms with Crippen molar-refractivity contribution in [1.29, 1.82) is 5.26 Å². The molecule has 1 N–H and O–H groups in total. The Labute approximate surface area is 83.0 Å². The molecule has 3 nitrogen and oxygen atoms in total. The number of rotatable bonds is 1. The molecule has 0 aromatic rings. The standard InChI is InChI=1S/C11H13NO2/c1-11-3-2-7(4-8(11)6-12)9(5-11)10(13)14/h5,7-8H,2-4H2,1H3,(H,13,14)/t7-,8?,11-/m1/s1. The van der Waals surface area contributed by atoms with Crippen LogP contribution in [0.5, 0.6) is 0 Å². The fourth-order valence-electron chi connectivity index (χ4n) is 2.70. The number of aliphatic carboxylic acids is 1. The third-order valence-electron chi connectivity index (χ3n) is 3.68. The number of nitrogens with zero attached hydrogens (tertiary/aromatic N) is 1. The zero-order chi connectivity index (χ0) is 10.3. The Kier molecular flexibility index (Phi) is 1.88. The molecular weight excluding hydrogens is 178 g/mol. The predicted octanol–water partition coefficient (Wildman–Crippen LogP) is 1.96. The smallest absolute Gasteiger partial charge is 0.331 e. The first kappa shape index (κ1) is 9.26. The van der Waals surface area contributed by atoms with Gasteiger partial charge < -0.3 is 5.11 Å². The minimum absolute atomic E-state index is 0.00403. The maximum Gasteiger partial charge on any atom is 0.331 e. The van der Waals surface area contributed by atoms with Crippen LogP contribution in [-0.4, -0.2) is 11.1 Å². The second-order valence-electron chi connectivity index (χ2n) is 4.56. The molecule has 2 bridgehead atoms. The fourth-order valence-corrected chi connectivity index (χ4v) is 2.70. The van der Waals surface area contributed by atoms with E-state index in [1.165, 1.54) is 0 Å². The van der Waals surface area contributed by atoms with Crippen LogP contribution in [0.25, 0.3) is 0 Å². The highest BCUT2D eigenvalue weighted by atomic mass is 16.4. The van der Waals surface area contributed by atoms with Gasteiger partial charge in [-0.05, 0) is 25.2 Å². The zero-order valence-corrected chi connectivity index (χ0v) is 8.16. The number of hydrogen-bond acceptors (Lipinski definition) is 2. The van der Waals surface area contributed by atoms with Crippen LogP contribution >= 0.6 is 0 Å². The van der Waals surface area contributed by atoms with Gasteiger partial charge in [-0.1, -0.05) is 13.0 Å². The lowest BCUT2D eigenvalue weighted by atomic mass is 9.58. The summed E-state index contributed by atoms with van der Waals surface area (Å²) in [6.07, 6.45) is 4.42. The topological polar surface area (TPSA) is 61.1 Å². The first-order valence-electron chi connectivity index (χ1n) is 4.92. The summed E-state index contributed by atoms with van der Waals surface area (Å²) in [6, 6.07) is 2.30. The summed E-state index contributed by atoms with van der Waals surface area (Å²) in [6.45, 7) is 2.00. The SMILES string of the molecule is C[C@]12C=C(C(=O)O)[C@H](CC1)CC2C#N. The second-order valence-corrected chi connectivity index (χ2v) is 4.56. The first-order valence-corrected chi connectivity index (χ1v) is 4.92. The molecule has 3 aliphatic rings. The average Bonchev–Trinajstić information content (AvgIpc) is 2.16. The van der Waals surface area contributed by atoms with Gasteiger partial charge in [0.15, 0.2) is 0 Å². The Morgan fingerprint density at radius 1 is 1.79 bits per heavy atom. The lowest BCUT2D eigenvalue weighted by Gasteiger charge is -2.44. The van der Waals surface area contributed by atoms with Gasteiger partial charge >= 0.3 is 5.97 Å². The van der Waals surface area contributed by atoms with Crippen LogP contribution < -0.4 is 0 Å². The van der Waals surface area contributed by atoms with Gasteiger partial charge in [-0.15, -0.1) is 0 Å². The van der Waals surface area contributed by atoms with Crippen molar-refractivity contribution in [3.05, 3.63) is 11.6 Å². The third-order valence-corrected chi connectivity index (χ3v) is 3.68. The first-order chi connectivity index (χ1) is 6.57. The number of hydrogen-bond donors (Lipinski definition) is 1. The van der Waals surface area contributed by atoms with E-state index in [0.29, 0.717) is 5.57 Å². The van der Waals surface area contributed by atoms with Gasteiger partial charge in [0.2, 0.25) is 0 Å². The Morgan fingerprint density at radius 3 is 3.00 bits per heavy atom. The Hall–Kier alpha value is -1.30. The van der Waals surface area contributed by atoms with Gasteiger partial charge in [0.1, 0.15) is 0 Å². The van der Waals surface area contributed by atoms with E-state index in [1.807, 2.05) is 13.0 Å². The van der Waals surface area contributed by atoms with E-state index in [0.717, 1.165) is 19.3 Å². The maximum absolute atomic E-state index is 10.9. The monoisotopic (exact) mass is 191 g/mol. The van der Waals surface area contributed by atoms with Crippen molar-refractivity contribution >= 4 is 5.97 Å². The molecule has 3 rings (SSSR count). The molecule has 3 aliphatic carbocycles. The molecule has 1 unspecified atom stereocenters.